The summed E-state index contributed by atoms with van der Waals surface area (Å²) in [5.41, 5.74) is 2.17. The molecule has 5 aromatic rings. The van der Waals surface area contributed by atoms with Gasteiger partial charge in [0.25, 0.3) is 0 Å². The minimum Gasteiger partial charge on any atom is -0.252 e. The summed E-state index contributed by atoms with van der Waals surface area (Å²) in [5, 5.41) is 14.7. The van der Waals surface area contributed by atoms with Crippen LogP contribution in [0, 0.1) is 0 Å². The van der Waals surface area contributed by atoms with Gasteiger partial charge in [-0.3, -0.25) is 5.43 Å². The van der Waals surface area contributed by atoms with Crippen molar-refractivity contribution in [1.82, 2.24) is 20.0 Å². The van der Waals surface area contributed by atoms with E-state index in [4.69, 9.17) is 11.6 Å². The first-order chi connectivity index (χ1) is 18.5. The number of alkyl halides is 6. The highest BCUT2D eigenvalue weighted by Gasteiger charge is 2.37. The largest absolute Gasteiger partial charge is 0.416 e. The van der Waals surface area contributed by atoms with Crippen LogP contribution in [0.15, 0.2) is 77.2 Å². The molecule has 0 saturated carbocycles. The first-order valence-corrected chi connectivity index (χ1v) is 12.4. The van der Waals surface area contributed by atoms with Crippen molar-refractivity contribution >= 4 is 44.8 Å². The zero-order valence-corrected chi connectivity index (χ0v) is 21.0. The van der Waals surface area contributed by atoms with Crippen molar-refractivity contribution < 1.29 is 26.3 Å². The first-order valence-electron chi connectivity index (χ1n) is 11.1. The van der Waals surface area contributed by atoms with E-state index in [1.807, 2.05) is 24.3 Å². The van der Waals surface area contributed by atoms with Crippen LogP contribution in [-0.4, -0.2) is 25.7 Å². The monoisotopic (exact) mass is 580 g/mol. The summed E-state index contributed by atoms with van der Waals surface area (Å²) < 4.78 is 81.3. The first kappa shape index (κ1) is 26.6. The Morgan fingerprint density at radius 3 is 2.26 bits per heavy atom. The number of thiazole rings is 1. The summed E-state index contributed by atoms with van der Waals surface area (Å²) in [6.07, 6.45) is -9.92. The minimum atomic E-state index is -4.96. The van der Waals surface area contributed by atoms with Crippen LogP contribution in [0.1, 0.15) is 16.7 Å². The van der Waals surface area contributed by atoms with Crippen LogP contribution in [0.25, 0.3) is 22.3 Å². The van der Waals surface area contributed by atoms with E-state index in [-0.39, 0.29) is 29.0 Å². The lowest BCUT2D eigenvalue weighted by Gasteiger charge is -2.13. The molecule has 0 aliphatic carbocycles. The zero-order chi connectivity index (χ0) is 27.8. The second-order valence-electron chi connectivity index (χ2n) is 8.25. The maximum absolute atomic E-state index is 13.3. The highest BCUT2D eigenvalue weighted by Crippen LogP contribution is 2.39. The molecule has 5 rings (SSSR count). The van der Waals surface area contributed by atoms with Gasteiger partial charge in [-0.25, -0.2) is 9.67 Å². The van der Waals surface area contributed by atoms with Gasteiger partial charge in [-0.15, -0.1) is 16.4 Å². The van der Waals surface area contributed by atoms with Crippen LogP contribution in [-0.2, 0) is 18.9 Å². The molecule has 0 saturated heterocycles. The van der Waals surface area contributed by atoms with Crippen molar-refractivity contribution in [3.05, 3.63) is 93.8 Å². The molecular formula is C25H15ClF6N6S. The predicted octanol–water partition coefficient (Wildman–Crippen LogP) is 7.76. The fourth-order valence-electron chi connectivity index (χ4n) is 3.69. The Hall–Kier alpha value is -3.97. The third kappa shape index (κ3) is 6.04. The number of fused-ring (bicyclic) bond motifs is 1. The van der Waals surface area contributed by atoms with Gasteiger partial charge < -0.3 is 0 Å². The number of rotatable bonds is 6. The van der Waals surface area contributed by atoms with Crippen LogP contribution < -0.4 is 5.43 Å². The van der Waals surface area contributed by atoms with E-state index < -0.39 is 23.5 Å². The molecule has 200 valence electrons. The van der Waals surface area contributed by atoms with E-state index in [0.29, 0.717) is 33.9 Å². The van der Waals surface area contributed by atoms with Crippen LogP contribution in [0.3, 0.4) is 0 Å². The van der Waals surface area contributed by atoms with Gasteiger partial charge in [-0.1, -0.05) is 41.1 Å². The smallest absolute Gasteiger partial charge is 0.252 e. The van der Waals surface area contributed by atoms with Crippen molar-refractivity contribution in [2.45, 2.75) is 18.9 Å². The van der Waals surface area contributed by atoms with Crippen LogP contribution in [0.4, 0.5) is 31.5 Å². The molecular weight excluding hydrogens is 566 g/mol. The van der Waals surface area contributed by atoms with Gasteiger partial charge >= 0.3 is 12.4 Å². The van der Waals surface area contributed by atoms with Gasteiger partial charge in [0, 0.05) is 16.0 Å². The SMILES string of the molecule is FC(F)(F)c1cc(-c2csc(N/N=C(/Cn3nnc4ccccc43)c3ccc(Cl)cc3)n2)cc(C(F)(F)F)c1. The molecule has 0 aliphatic heterocycles. The summed E-state index contributed by atoms with van der Waals surface area (Å²) in [6, 6.07) is 15.5. The lowest BCUT2D eigenvalue weighted by atomic mass is 10.0. The molecule has 6 nitrogen and oxygen atoms in total. The van der Waals surface area contributed by atoms with Crippen LogP contribution >= 0.6 is 22.9 Å². The molecule has 0 unspecified atom stereocenters. The third-order valence-corrected chi connectivity index (χ3v) is 6.57. The average Bonchev–Trinajstić information content (AvgIpc) is 3.53. The summed E-state index contributed by atoms with van der Waals surface area (Å²) >= 11 is 6.99. The Morgan fingerprint density at radius 2 is 1.59 bits per heavy atom. The second kappa shape index (κ2) is 10.3. The lowest BCUT2D eigenvalue weighted by molar-refractivity contribution is -0.143. The summed E-state index contributed by atoms with van der Waals surface area (Å²) in [4.78, 5) is 4.16. The van der Waals surface area contributed by atoms with E-state index in [1.54, 1.807) is 28.9 Å². The summed E-state index contributed by atoms with van der Waals surface area (Å²) in [5.74, 6) is 0. The molecule has 39 heavy (non-hydrogen) atoms. The summed E-state index contributed by atoms with van der Waals surface area (Å²) in [7, 11) is 0. The van der Waals surface area contributed by atoms with Crippen LogP contribution in [0.5, 0.6) is 0 Å². The standard InChI is InChI=1S/C25H15ClF6N6S/c26-18-7-5-14(6-8-18)20(12-38-22-4-2-1-3-19(22)35-37-38)34-36-23-33-21(13-39-23)15-9-16(24(27,28)29)11-17(10-15)25(30,31)32/h1-11,13H,12H2,(H,33,36)/b34-20-. The van der Waals surface area contributed by atoms with Gasteiger partial charge in [-0.05, 0) is 48.0 Å². The van der Waals surface area contributed by atoms with Gasteiger partial charge in [-0.2, -0.15) is 31.4 Å². The fourth-order valence-corrected chi connectivity index (χ4v) is 4.47. The summed E-state index contributed by atoms with van der Waals surface area (Å²) in [6.45, 7) is 0.190. The number of aromatic nitrogens is 4. The number of para-hydroxylation sites is 1. The van der Waals surface area contributed by atoms with Crippen molar-refractivity contribution in [1.29, 1.82) is 0 Å². The number of halogens is 7. The molecule has 1 N–H and O–H groups in total. The lowest BCUT2D eigenvalue weighted by Crippen LogP contribution is -2.15. The highest BCUT2D eigenvalue weighted by molar-refractivity contribution is 7.14. The van der Waals surface area contributed by atoms with Crippen molar-refractivity contribution in [2.75, 3.05) is 5.43 Å². The number of hydrazone groups is 1. The van der Waals surface area contributed by atoms with Crippen LogP contribution in [0.2, 0.25) is 5.02 Å². The Balaban J connectivity index is 1.47. The van der Waals surface area contributed by atoms with E-state index in [0.717, 1.165) is 16.9 Å². The quantitative estimate of drug-likeness (QED) is 0.127. The maximum atomic E-state index is 13.3. The molecule has 0 fully saturated rings. The van der Waals surface area contributed by atoms with Gasteiger partial charge in [0.15, 0.2) is 0 Å². The molecule has 2 heterocycles. The van der Waals surface area contributed by atoms with E-state index >= 15 is 0 Å². The Morgan fingerprint density at radius 1 is 0.923 bits per heavy atom. The van der Waals surface area contributed by atoms with E-state index in [9.17, 15) is 26.3 Å². The molecule has 0 amide bonds. The number of nitrogens with zero attached hydrogens (tertiary/aromatic N) is 5. The van der Waals surface area contributed by atoms with E-state index in [1.165, 1.54) is 5.38 Å². The molecule has 2 aromatic heterocycles. The zero-order valence-electron chi connectivity index (χ0n) is 19.4. The van der Waals surface area contributed by atoms with E-state index in [2.05, 4.69) is 25.8 Å². The second-order valence-corrected chi connectivity index (χ2v) is 9.54. The molecule has 14 heteroatoms. The number of nitrogens with one attached hydrogen (secondary N) is 1. The van der Waals surface area contributed by atoms with Crippen molar-refractivity contribution in [3.63, 3.8) is 0 Å². The average molecular weight is 581 g/mol. The molecule has 3 aromatic carbocycles. The van der Waals surface area contributed by atoms with Gasteiger partial charge in [0.05, 0.1) is 34.6 Å². The maximum Gasteiger partial charge on any atom is 0.416 e. The normalized spacial score (nSPS) is 12.7. The number of anilines is 1. The Labute approximate surface area is 225 Å². The Kier molecular flexibility index (Phi) is 7.03. The van der Waals surface area contributed by atoms with Crippen molar-refractivity contribution in [2.24, 2.45) is 5.10 Å². The predicted molar refractivity (Wildman–Crippen MR) is 137 cm³/mol. The third-order valence-electron chi connectivity index (χ3n) is 5.57. The molecule has 0 atom stereocenters. The fraction of sp³-hybridized carbons (Fsp3) is 0.120. The molecule has 0 spiro atoms. The minimum absolute atomic E-state index is 0.0652. The highest BCUT2D eigenvalue weighted by atomic mass is 35.5. The topological polar surface area (TPSA) is 68.0 Å². The number of hydrogen-bond donors (Lipinski definition) is 1. The molecule has 0 aliphatic rings. The number of hydrogen-bond acceptors (Lipinski definition) is 6. The van der Waals surface area contributed by atoms with Gasteiger partial charge in [0.1, 0.15) is 5.52 Å². The molecule has 0 radical (unpaired) electrons. The molecule has 0 bridgehead atoms. The van der Waals surface area contributed by atoms with Crippen molar-refractivity contribution in [3.8, 4) is 11.3 Å². The number of benzene rings is 3. The van der Waals surface area contributed by atoms with Gasteiger partial charge in [0.2, 0.25) is 5.13 Å². The Bertz CT molecular complexity index is 1620.